The number of carbonyl (C=O) groups is 2. The smallest absolute Gasteiger partial charge is 0.408 e. The van der Waals surface area contributed by atoms with Gasteiger partial charge in [-0.15, -0.1) is 0 Å². The first-order valence-corrected chi connectivity index (χ1v) is 13.7. The van der Waals surface area contributed by atoms with Gasteiger partial charge in [-0.1, -0.05) is 18.6 Å². The number of amides is 2. The zero-order valence-electron chi connectivity index (χ0n) is 22.6. The van der Waals surface area contributed by atoms with Gasteiger partial charge in [0.1, 0.15) is 29.5 Å². The molecule has 4 fully saturated rings. The van der Waals surface area contributed by atoms with Crippen LogP contribution in [0.15, 0.2) is 11.6 Å². The highest BCUT2D eigenvalue weighted by Crippen LogP contribution is 2.59. The Morgan fingerprint density at radius 2 is 1.97 bits per heavy atom. The zero-order valence-corrected chi connectivity index (χ0v) is 22.6. The van der Waals surface area contributed by atoms with Gasteiger partial charge in [0.05, 0.1) is 18.6 Å². The Hall–Kier alpha value is -1.68. The Morgan fingerprint density at radius 3 is 2.58 bits per heavy atom. The fraction of sp³-hybridized carbons (Fsp3) is 0.852. The van der Waals surface area contributed by atoms with E-state index in [9.17, 15) is 9.59 Å². The summed E-state index contributed by atoms with van der Waals surface area (Å²) in [6.07, 6.45) is 6.14. The lowest BCUT2D eigenvalue weighted by Crippen LogP contribution is -2.56. The first kappa shape index (κ1) is 27.4. The SMILES string of the molecule is CCC(NC(=O)OC1CCC2(CO2)C(C2(C)OC2CC=C(C)C)C1OC)C(=O)NCCN1CCCC1. The molecule has 3 saturated heterocycles. The second-order valence-electron chi connectivity index (χ2n) is 11.3. The molecule has 9 nitrogen and oxygen atoms in total. The van der Waals surface area contributed by atoms with Crippen molar-refractivity contribution in [1.82, 2.24) is 15.5 Å². The van der Waals surface area contributed by atoms with E-state index < -0.39 is 18.2 Å². The Balaban J connectivity index is 1.32. The van der Waals surface area contributed by atoms with Crippen molar-refractivity contribution in [3.05, 3.63) is 11.6 Å². The summed E-state index contributed by atoms with van der Waals surface area (Å²) in [4.78, 5) is 27.9. The molecule has 9 heteroatoms. The van der Waals surface area contributed by atoms with Crippen molar-refractivity contribution in [1.29, 1.82) is 0 Å². The van der Waals surface area contributed by atoms with E-state index >= 15 is 0 Å². The van der Waals surface area contributed by atoms with Gasteiger partial charge in [0, 0.05) is 20.2 Å². The van der Waals surface area contributed by atoms with E-state index in [4.69, 9.17) is 18.9 Å². The van der Waals surface area contributed by atoms with Gasteiger partial charge < -0.3 is 34.5 Å². The minimum atomic E-state index is -0.632. The van der Waals surface area contributed by atoms with E-state index in [2.05, 4.69) is 42.4 Å². The number of hydrogen-bond acceptors (Lipinski definition) is 7. The van der Waals surface area contributed by atoms with Crippen LogP contribution in [0.4, 0.5) is 4.79 Å². The fourth-order valence-corrected chi connectivity index (χ4v) is 6.20. The highest BCUT2D eigenvalue weighted by molar-refractivity contribution is 5.85. The maximum Gasteiger partial charge on any atom is 0.408 e. The molecule has 2 N–H and O–H groups in total. The monoisotopic (exact) mass is 507 g/mol. The molecule has 1 saturated carbocycles. The molecule has 0 aromatic carbocycles. The third-order valence-corrected chi connectivity index (χ3v) is 8.44. The van der Waals surface area contributed by atoms with Crippen LogP contribution in [-0.2, 0) is 23.7 Å². The maximum absolute atomic E-state index is 12.9. The van der Waals surface area contributed by atoms with E-state index in [1.165, 1.54) is 18.4 Å². The summed E-state index contributed by atoms with van der Waals surface area (Å²) in [5, 5.41) is 5.73. The summed E-state index contributed by atoms with van der Waals surface area (Å²) < 4.78 is 24.0. The van der Waals surface area contributed by atoms with Crippen LogP contribution in [0.1, 0.15) is 66.2 Å². The quantitative estimate of drug-likeness (QED) is 0.327. The van der Waals surface area contributed by atoms with Crippen molar-refractivity contribution in [3.8, 4) is 0 Å². The van der Waals surface area contributed by atoms with E-state index in [-0.39, 0.29) is 35.2 Å². The predicted octanol–water partition coefficient (Wildman–Crippen LogP) is 2.78. The molecule has 2 amide bonds. The Bertz CT molecular complexity index is 820. The summed E-state index contributed by atoms with van der Waals surface area (Å²) in [6, 6.07) is -0.632. The molecule has 204 valence electrons. The maximum atomic E-state index is 12.9. The molecule has 3 heterocycles. The van der Waals surface area contributed by atoms with Crippen LogP contribution in [0.5, 0.6) is 0 Å². The molecular formula is C27H45N3O6. The summed E-state index contributed by atoms with van der Waals surface area (Å²) in [6.45, 7) is 12.5. The minimum Gasteiger partial charge on any atom is -0.443 e. The van der Waals surface area contributed by atoms with Crippen molar-refractivity contribution in [3.63, 3.8) is 0 Å². The van der Waals surface area contributed by atoms with Crippen LogP contribution in [0, 0.1) is 5.92 Å². The van der Waals surface area contributed by atoms with Gasteiger partial charge >= 0.3 is 6.09 Å². The van der Waals surface area contributed by atoms with Gasteiger partial charge in [-0.2, -0.15) is 0 Å². The molecule has 0 bridgehead atoms. The number of nitrogens with zero attached hydrogens (tertiary/aromatic N) is 1. The van der Waals surface area contributed by atoms with Crippen LogP contribution >= 0.6 is 0 Å². The molecule has 7 atom stereocenters. The second-order valence-corrected chi connectivity index (χ2v) is 11.3. The molecule has 7 unspecified atom stereocenters. The Morgan fingerprint density at radius 1 is 1.25 bits per heavy atom. The number of likely N-dealkylation sites (tertiary alicyclic amines) is 1. The average Bonchev–Trinajstić information content (AvgIpc) is 3.69. The third-order valence-electron chi connectivity index (χ3n) is 8.44. The fourth-order valence-electron chi connectivity index (χ4n) is 6.20. The zero-order chi connectivity index (χ0) is 25.9. The topological polar surface area (TPSA) is 105 Å². The van der Waals surface area contributed by atoms with Crippen molar-refractivity contribution in [2.45, 2.75) is 102 Å². The number of alkyl carbamates (subject to hydrolysis) is 1. The van der Waals surface area contributed by atoms with Crippen LogP contribution in [0.2, 0.25) is 0 Å². The lowest BCUT2D eigenvalue weighted by atomic mass is 9.68. The van der Waals surface area contributed by atoms with Crippen LogP contribution in [0.3, 0.4) is 0 Å². The number of methoxy groups -OCH3 is 1. The van der Waals surface area contributed by atoms with Gasteiger partial charge in [0.15, 0.2) is 0 Å². The largest absolute Gasteiger partial charge is 0.443 e. The number of allylic oxidation sites excluding steroid dienone is 1. The molecule has 3 aliphatic heterocycles. The number of nitrogens with one attached hydrogen (secondary N) is 2. The molecule has 0 aromatic heterocycles. The first-order valence-electron chi connectivity index (χ1n) is 13.7. The Kier molecular flexibility index (Phi) is 8.64. The molecule has 1 aliphatic carbocycles. The van der Waals surface area contributed by atoms with Crippen LogP contribution < -0.4 is 10.6 Å². The van der Waals surface area contributed by atoms with Crippen molar-refractivity contribution >= 4 is 12.0 Å². The number of carbonyl (C=O) groups excluding carboxylic acids is 2. The van der Waals surface area contributed by atoms with Crippen molar-refractivity contribution < 1.29 is 28.5 Å². The van der Waals surface area contributed by atoms with Crippen LogP contribution in [0.25, 0.3) is 0 Å². The van der Waals surface area contributed by atoms with Gasteiger partial charge in [-0.05, 0) is 72.4 Å². The van der Waals surface area contributed by atoms with Gasteiger partial charge in [0.2, 0.25) is 5.91 Å². The lowest BCUT2D eigenvalue weighted by molar-refractivity contribution is -0.124. The third kappa shape index (κ3) is 6.06. The van der Waals surface area contributed by atoms with Crippen molar-refractivity contribution in [2.75, 3.05) is 39.9 Å². The van der Waals surface area contributed by atoms with E-state index in [1.807, 2.05) is 6.92 Å². The van der Waals surface area contributed by atoms with E-state index in [0.29, 0.717) is 26.0 Å². The summed E-state index contributed by atoms with van der Waals surface area (Å²) in [5.74, 6) is -0.210. The molecule has 4 rings (SSSR count). The molecule has 36 heavy (non-hydrogen) atoms. The predicted molar refractivity (Wildman–Crippen MR) is 136 cm³/mol. The van der Waals surface area contributed by atoms with Crippen LogP contribution in [-0.4, -0.2) is 92.4 Å². The summed E-state index contributed by atoms with van der Waals surface area (Å²) >= 11 is 0. The summed E-state index contributed by atoms with van der Waals surface area (Å²) in [7, 11) is 1.66. The van der Waals surface area contributed by atoms with Gasteiger partial charge in [0.25, 0.3) is 0 Å². The molecular weight excluding hydrogens is 462 g/mol. The van der Waals surface area contributed by atoms with E-state index in [0.717, 1.165) is 32.5 Å². The molecule has 0 aromatic rings. The first-order chi connectivity index (χ1) is 17.2. The normalized spacial score (nSPS) is 36.2. The van der Waals surface area contributed by atoms with E-state index in [1.54, 1.807) is 7.11 Å². The van der Waals surface area contributed by atoms with Gasteiger partial charge in [-0.3, -0.25) is 4.79 Å². The van der Waals surface area contributed by atoms with Gasteiger partial charge in [-0.25, -0.2) is 4.79 Å². The average molecular weight is 508 g/mol. The standard InChI is InChI=1S/C27H45N3O6/c1-6-19(24(31)28-13-16-30-14-7-8-15-30)29-25(32)35-20-11-12-27(17-34-27)23(22(20)33-5)26(4)21(36-26)10-9-18(2)3/h9,19-23H,6-8,10-17H2,1-5H3,(H,28,31)(H,29,32). The summed E-state index contributed by atoms with van der Waals surface area (Å²) in [5.41, 5.74) is 0.607. The number of epoxide rings is 2. The molecule has 0 radical (unpaired) electrons. The number of rotatable bonds is 11. The number of hydrogen-bond donors (Lipinski definition) is 2. The molecule has 4 aliphatic rings. The molecule has 1 spiro atoms. The highest BCUT2D eigenvalue weighted by Gasteiger charge is 2.72. The lowest BCUT2D eigenvalue weighted by Gasteiger charge is -2.42. The second kappa shape index (κ2) is 11.4. The highest BCUT2D eigenvalue weighted by atomic mass is 16.6. The number of ether oxygens (including phenoxy) is 4. The Labute approximate surface area is 215 Å². The minimum absolute atomic E-state index is 0.0343. The van der Waals surface area contributed by atoms with Crippen molar-refractivity contribution in [2.24, 2.45) is 5.92 Å².